The lowest BCUT2D eigenvalue weighted by Gasteiger charge is -2.16. The third kappa shape index (κ3) is 4.40. The number of halogens is 2. The third-order valence-corrected chi connectivity index (χ3v) is 5.54. The summed E-state index contributed by atoms with van der Waals surface area (Å²) in [5, 5.41) is 0.699. The Labute approximate surface area is 147 Å². The fourth-order valence-corrected chi connectivity index (χ4v) is 4.45. The van der Waals surface area contributed by atoms with Crippen molar-refractivity contribution in [2.75, 3.05) is 4.72 Å². The van der Waals surface area contributed by atoms with Gasteiger partial charge < -0.3 is 0 Å². The third-order valence-electron chi connectivity index (χ3n) is 3.65. The Morgan fingerprint density at radius 1 is 0.913 bits per heavy atom. The molecule has 0 aliphatic heterocycles. The minimum Gasteiger partial charge on any atom is -0.283 e. The van der Waals surface area contributed by atoms with E-state index in [9.17, 15) is 8.42 Å². The van der Waals surface area contributed by atoms with Gasteiger partial charge in [-0.25, -0.2) is 8.42 Å². The number of benzene rings is 2. The molecule has 2 rings (SSSR count). The van der Waals surface area contributed by atoms with Gasteiger partial charge >= 0.3 is 0 Å². The summed E-state index contributed by atoms with van der Waals surface area (Å²) < 4.78 is 27.9. The summed E-state index contributed by atoms with van der Waals surface area (Å²) in [5.74, 6) is -0.257. The first-order valence-corrected chi connectivity index (χ1v) is 9.83. The van der Waals surface area contributed by atoms with Gasteiger partial charge in [0.1, 0.15) is 0 Å². The van der Waals surface area contributed by atoms with E-state index in [4.69, 9.17) is 23.2 Å². The molecule has 0 saturated heterocycles. The van der Waals surface area contributed by atoms with Gasteiger partial charge in [0.2, 0.25) is 10.0 Å². The van der Waals surface area contributed by atoms with E-state index in [1.54, 1.807) is 18.2 Å². The summed E-state index contributed by atoms with van der Waals surface area (Å²) in [4.78, 5) is 0. The van der Waals surface area contributed by atoms with E-state index >= 15 is 0 Å². The van der Waals surface area contributed by atoms with Gasteiger partial charge in [-0.15, -0.1) is 0 Å². The van der Waals surface area contributed by atoms with Crippen molar-refractivity contribution in [3.05, 3.63) is 63.1 Å². The molecule has 0 unspecified atom stereocenters. The molecule has 23 heavy (non-hydrogen) atoms. The quantitative estimate of drug-likeness (QED) is 0.770. The Kier molecular flexibility index (Phi) is 5.95. The van der Waals surface area contributed by atoms with Gasteiger partial charge in [0.25, 0.3) is 0 Å². The van der Waals surface area contributed by atoms with Crippen LogP contribution in [0.15, 0.2) is 36.4 Å². The predicted octanol–water partition coefficient (Wildman–Crippen LogP) is 5.06. The molecule has 0 aliphatic rings. The highest BCUT2D eigenvalue weighted by Gasteiger charge is 2.19. The van der Waals surface area contributed by atoms with Crippen LogP contribution < -0.4 is 4.72 Å². The normalized spacial score (nSPS) is 11.5. The minimum absolute atomic E-state index is 0.257. The standard InChI is InChI=1S/C17H19Cl2NO2S/c1-3-12-7-5-8-13(4-2)17(12)20-23(21,22)11-14-15(18)9-6-10-16(14)19/h5-10,20H,3-4,11H2,1-2H3. The Bertz CT molecular complexity index is 762. The molecule has 2 aromatic rings. The van der Waals surface area contributed by atoms with Gasteiger partial charge in [-0.05, 0) is 36.1 Å². The fraction of sp³-hybridized carbons (Fsp3) is 0.294. The van der Waals surface area contributed by atoms with Crippen LogP contribution in [0.25, 0.3) is 0 Å². The van der Waals surface area contributed by atoms with Crippen LogP contribution in [0.2, 0.25) is 10.0 Å². The Balaban J connectivity index is 2.36. The van der Waals surface area contributed by atoms with E-state index in [2.05, 4.69) is 4.72 Å². The monoisotopic (exact) mass is 371 g/mol. The maximum absolute atomic E-state index is 12.6. The lowest BCUT2D eigenvalue weighted by atomic mass is 10.0. The Morgan fingerprint density at radius 3 is 1.87 bits per heavy atom. The fourth-order valence-electron chi connectivity index (χ4n) is 2.43. The average molecular weight is 372 g/mol. The summed E-state index contributed by atoms with van der Waals surface area (Å²) in [6.45, 7) is 4.00. The van der Waals surface area contributed by atoms with Crippen molar-refractivity contribution in [3.63, 3.8) is 0 Å². The average Bonchev–Trinajstić information content (AvgIpc) is 2.51. The van der Waals surface area contributed by atoms with Gasteiger partial charge in [-0.3, -0.25) is 4.72 Å². The van der Waals surface area contributed by atoms with E-state index in [-0.39, 0.29) is 5.75 Å². The summed E-state index contributed by atoms with van der Waals surface area (Å²) in [6.07, 6.45) is 1.50. The molecule has 0 amide bonds. The predicted molar refractivity (Wildman–Crippen MR) is 97.9 cm³/mol. The minimum atomic E-state index is -3.62. The number of hydrogen-bond donors (Lipinski definition) is 1. The SMILES string of the molecule is CCc1cccc(CC)c1NS(=O)(=O)Cc1c(Cl)cccc1Cl. The van der Waals surface area contributed by atoms with Crippen molar-refractivity contribution in [2.24, 2.45) is 0 Å². The summed E-state index contributed by atoms with van der Waals surface area (Å²) in [7, 11) is -3.62. The highest BCUT2D eigenvalue weighted by molar-refractivity contribution is 7.91. The molecule has 0 aliphatic carbocycles. The van der Waals surface area contributed by atoms with E-state index in [0.717, 1.165) is 24.0 Å². The molecule has 1 N–H and O–H groups in total. The first-order chi connectivity index (χ1) is 10.9. The largest absolute Gasteiger partial charge is 0.283 e. The second-order valence-electron chi connectivity index (χ2n) is 5.22. The van der Waals surface area contributed by atoms with Gasteiger partial charge in [-0.2, -0.15) is 0 Å². The first kappa shape index (κ1) is 18.1. The molecule has 124 valence electrons. The second-order valence-corrected chi connectivity index (χ2v) is 7.76. The summed E-state index contributed by atoms with van der Waals surface area (Å²) in [6, 6.07) is 10.8. The molecule has 2 aromatic carbocycles. The number of para-hydroxylation sites is 1. The zero-order chi connectivity index (χ0) is 17.0. The van der Waals surface area contributed by atoms with Gasteiger partial charge in [0.15, 0.2) is 0 Å². The maximum atomic E-state index is 12.6. The molecule has 0 spiro atoms. The van der Waals surface area contributed by atoms with Crippen molar-refractivity contribution in [1.82, 2.24) is 0 Å². The van der Waals surface area contributed by atoms with Gasteiger partial charge in [0, 0.05) is 15.6 Å². The van der Waals surface area contributed by atoms with Crippen molar-refractivity contribution in [3.8, 4) is 0 Å². The molecule has 3 nitrogen and oxygen atoms in total. The van der Waals surface area contributed by atoms with E-state index < -0.39 is 10.0 Å². The maximum Gasteiger partial charge on any atom is 0.237 e. The lowest BCUT2D eigenvalue weighted by molar-refractivity contribution is 0.600. The topological polar surface area (TPSA) is 46.2 Å². The highest BCUT2D eigenvalue weighted by Crippen LogP contribution is 2.29. The van der Waals surface area contributed by atoms with Crippen LogP contribution in [0.4, 0.5) is 5.69 Å². The molecule has 0 bridgehead atoms. The molecular formula is C17H19Cl2NO2S. The molecular weight excluding hydrogens is 353 g/mol. The van der Waals surface area contributed by atoms with Crippen LogP contribution >= 0.6 is 23.2 Å². The molecule has 0 saturated carbocycles. The van der Waals surface area contributed by atoms with Crippen molar-refractivity contribution >= 4 is 38.9 Å². The van der Waals surface area contributed by atoms with Crippen molar-refractivity contribution in [2.45, 2.75) is 32.4 Å². The number of rotatable bonds is 6. The molecule has 6 heteroatoms. The molecule has 0 aromatic heterocycles. The Hall–Kier alpha value is -1.23. The van der Waals surface area contributed by atoms with Crippen LogP contribution in [-0.2, 0) is 28.6 Å². The van der Waals surface area contributed by atoms with Gasteiger partial charge in [0.05, 0.1) is 11.4 Å². The number of anilines is 1. The van der Waals surface area contributed by atoms with E-state index in [0.29, 0.717) is 21.3 Å². The molecule has 0 heterocycles. The van der Waals surface area contributed by atoms with Gasteiger partial charge in [-0.1, -0.05) is 61.3 Å². The number of nitrogens with one attached hydrogen (secondary N) is 1. The van der Waals surface area contributed by atoms with Crippen LogP contribution in [0.1, 0.15) is 30.5 Å². The first-order valence-electron chi connectivity index (χ1n) is 7.42. The van der Waals surface area contributed by atoms with Crippen molar-refractivity contribution in [1.29, 1.82) is 0 Å². The smallest absolute Gasteiger partial charge is 0.237 e. The van der Waals surface area contributed by atoms with Crippen molar-refractivity contribution < 1.29 is 8.42 Å². The zero-order valence-corrected chi connectivity index (χ0v) is 15.4. The van der Waals surface area contributed by atoms with Crippen LogP contribution in [0, 0.1) is 0 Å². The highest BCUT2D eigenvalue weighted by atomic mass is 35.5. The van der Waals surface area contributed by atoms with Crippen LogP contribution in [-0.4, -0.2) is 8.42 Å². The van der Waals surface area contributed by atoms with E-state index in [1.165, 1.54) is 0 Å². The number of aryl methyl sites for hydroxylation is 2. The Morgan fingerprint density at radius 2 is 1.39 bits per heavy atom. The molecule has 0 fully saturated rings. The summed E-state index contributed by atoms with van der Waals surface area (Å²) in [5.41, 5.74) is 3.02. The molecule has 0 atom stereocenters. The zero-order valence-electron chi connectivity index (χ0n) is 13.1. The lowest BCUT2D eigenvalue weighted by Crippen LogP contribution is -2.18. The summed E-state index contributed by atoms with van der Waals surface area (Å²) >= 11 is 12.2. The van der Waals surface area contributed by atoms with Crippen LogP contribution in [0.3, 0.4) is 0 Å². The van der Waals surface area contributed by atoms with E-state index in [1.807, 2.05) is 32.0 Å². The number of sulfonamides is 1. The molecule has 0 radical (unpaired) electrons. The second kappa shape index (κ2) is 7.56. The van der Waals surface area contributed by atoms with Crippen LogP contribution in [0.5, 0.6) is 0 Å². The number of hydrogen-bond acceptors (Lipinski definition) is 2.